The normalized spacial score (nSPS) is 13.4. The first-order valence-electron chi connectivity index (χ1n) is 6.47. The van der Waals surface area contributed by atoms with E-state index >= 15 is 0 Å². The highest BCUT2D eigenvalue weighted by atomic mass is 35.5. The van der Waals surface area contributed by atoms with Crippen LogP contribution in [0.3, 0.4) is 0 Å². The Bertz CT molecular complexity index is 186. The predicted molar refractivity (Wildman–Crippen MR) is 70.9 cm³/mol. The zero-order chi connectivity index (χ0) is 12.6. The lowest BCUT2D eigenvalue weighted by Crippen LogP contribution is -2.44. The van der Waals surface area contributed by atoms with Crippen molar-refractivity contribution in [3.05, 3.63) is 0 Å². The van der Waals surface area contributed by atoms with Crippen LogP contribution in [0.25, 0.3) is 0 Å². The Hall–Kier alpha value is -0.0800. The lowest BCUT2D eigenvalue weighted by atomic mass is 10.0. The molecule has 1 unspecified atom stereocenters. The Kier molecular flexibility index (Phi) is 8.96. The summed E-state index contributed by atoms with van der Waals surface area (Å²) in [5.74, 6) is 0.290. The maximum absolute atomic E-state index is 11.5. The fourth-order valence-electron chi connectivity index (χ4n) is 1.94. The first kappa shape index (κ1) is 15.9. The molecule has 0 heterocycles. The highest BCUT2D eigenvalue weighted by molar-refractivity contribution is 6.64. The third-order valence-electron chi connectivity index (χ3n) is 2.86. The molecule has 0 amide bonds. The van der Waals surface area contributed by atoms with Crippen molar-refractivity contribution in [2.75, 3.05) is 13.1 Å². The standard InChI is InChI=1S/C13H26ClNO/c1-5-7-9-15(10-8-6-2)12(11(3)4)13(14)16/h11-12H,5-10H2,1-4H3. The molecule has 0 aromatic carbocycles. The van der Waals surface area contributed by atoms with Gasteiger partial charge in [0.25, 0.3) is 0 Å². The summed E-state index contributed by atoms with van der Waals surface area (Å²) in [7, 11) is 0. The number of rotatable bonds is 9. The fraction of sp³-hybridized carbons (Fsp3) is 0.923. The molecule has 0 aliphatic heterocycles. The van der Waals surface area contributed by atoms with Gasteiger partial charge < -0.3 is 0 Å². The first-order chi connectivity index (χ1) is 7.54. The largest absolute Gasteiger partial charge is 0.292 e. The second-order valence-electron chi connectivity index (χ2n) is 4.74. The van der Waals surface area contributed by atoms with Gasteiger partial charge in [0.15, 0.2) is 0 Å². The van der Waals surface area contributed by atoms with E-state index < -0.39 is 0 Å². The molecule has 0 aliphatic carbocycles. The Morgan fingerprint density at radius 3 is 1.81 bits per heavy atom. The van der Waals surface area contributed by atoms with Gasteiger partial charge in [0, 0.05) is 0 Å². The third-order valence-corrected chi connectivity index (χ3v) is 3.08. The number of halogens is 1. The van der Waals surface area contributed by atoms with Crippen molar-refractivity contribution in [1.29, 1.82) is 0 Å². The van der Waals surface area contributed by atoms with Crippen LogP contribution in [0.5, 0.6) is 0 Å². The summed E-state index contributed by atoms with van der Waals surface area (Å²) in [5, 5.41) is -0.206. The predicted octanol–water partition coefficient (Wildman–Crippen LogP) is 3.68. The van der Waals surface area contributed by atoms with E-state index in [2.05, 4.69) is 32.6 Å². The average Bonchev–Trinajstić information content (AvgIpc) is 2.20. The summed E-state index contributed by atoms with van der Waals surface area (Å²) in [6.07, 6.45) is 4.59. The molecule has 3 heteroatoms. The monoisotopic (exact) mass is 247 g/mol. The number of unbranched alkanes of at least 4 members (excludes halogenated alkanes) is 2. The maximum atomic E-state index is 11.5. The Labute approximate surface area is 105 Å². The van der Waals surface area contributed by atoms with Crippen molar-refractivity contribution < 1.29 is 4.79 Å². The molecule has 1 atom stereocenters. The molecule has 16 heavy (non-hydrogen) atoms. The number of hydrogen-bond donors (Lipinski definition) is 0. The molecule has 2 nitrogen and oxygen atoms in total. The van der Waals surface area contributed by atoms with Gasteiger partial charge in [-0.25, -0.2) is 0 Å². The molecule has 0 saturated heterocycles. The van der Waals surface area contributed by atoms with Gasteiger partial charge in [0.2, 0.25) is 5.24 Å². The van der Waals surface area contributed by atoms with Crippen LogP contribution < -0.4 is 0 Å². The Balaban J connectivity index is 4.46. The number of nitrogens with zero attached hydrogens (tertiary/aromatic N) is 1. The second kappa shape index (κ2) is 9.00. The number of carbonyl (C=O) groups is 1. The van der Waals surface area contributed by atoms with E-state index in [-0.39, 0.29) is 11.3 Å². The van der Waals surface area contributed by atoms with Crippen LogP contribution in [-0.2, 0) is 4.79 Å². The highest BCUT2D eigenvalue weighted by Gasteiger charge is 2.26. The molecule has 0 spiro atoms. The van der Waals surface area contributed by atoms with E-state index in [4.69, 9.17) is 11.6 Å². The molecule has 0 N–H and O–H groups in total. The van der Waals surface area contributed by atoms with Crippen molar-refractivity contribution in [2.45, 2.75) is 59.4 Å². The van der Waals surface area contributed by atoms with E-state index in [9.17, 15) is 4.79 Å². The minimum Gasteiger partial charge on any atom is -0.292 e. The molecule has 0 rings (SSSR count). The Morgan fingerprint density at radius 1 is 1.12 bits per heavy atom. The first-order valence-corrected chi connectivity index (χ1v) is 6.85. The summed E-state index contributed by atoms with van der Waals surface area (Å²) in [6, 6.07) is -0.111. The van der Waals surface area contributed by atoms with E-state index in [0.29, 0.717) is 5.92 Å². The van der Waals surface area contributed by atoms with E-state index in [1.54, 1.807) is 0 Å². The van der Waals surface area contributed by atoms with Crippen LogP contribution in [-0.4, -0.2) is 29.3 Å². The van der Waals surface area contributed by atoms with E-state index in [0.717, 1.165) is 38.8 Å². The van der Waals surface area contributed by atoms with Crippen LogP contribution in [0, 0.1) is 5.92 Å². The Morgan fingerprint density at radius 2 is 1.56 bits per heavy atom. The molecular weight excluding hydrogens is 222 g/mol. The number of carbonyl (C=O) groups excluding carboxylic acids is 1. The second-order valence-corrected chi connectivity index (χ2v) is 5.11. The van der Waals surface area contributed by atoms with Crippen LogP contribution in [0.4, 0.5) is 0 Å². The van der Waals surface area contributed by atoms with Crippen molar-refractivity contribution >= 4 is 16.8 Å². The van der Waals surface area contributed by atoms with Crippen molar-refractivity contribution in [2.24, 2.45) is 5.92 Å². The average molecular weight is 248 g/mol. The molecule has 0 aliphatic rings. The van der Waals surface area contributed by atoms with Crippen LogP contribution in [0.15, 0.2) is 0 Å². The van der Waals surface area contributed by atoms with Gasteiger partial charge in [-0.05, 0) is 43.5 Å². The van der Waals surface area contributed by atoms with Gasteiger partial charge in [-0.3, -0.25) is 9.69 Å². The summed E-state index contributed by atoms with van der Waals surface area (Å²) < 4.78 is 0. The molecular formula is C13H26ClNO. The summed E-state index contributed by atoms with van der Waals surface area (Å²) in [5.41, 5.74) is 0. The topological polar surface area (TPSA) is 20.3 Å². The van der Waals surface area contributed by atoms with E-state index in [1.807, 2.05) is 0 Å². The summed E-state index contributed by atoms with van der Waals surface area (Å²) in [6.45, 7) is 10.4. The van der Waals surface area contributed by atoms with Crippen LogP contribution in [0.1, 0.15) is 53.4 Å². The number of hydrogen-bond acceptors (Lipinski definition) is 2. The SMILES string of the molecule is CCCCN(CCCC)C(C(=O)Cl)C(C)C. The van der Waals surface area contributed by atoms with E-state index in [1.165, 1.54) is 0 Å². The summed E-state index contributed by atoms with van der Waals surface area (Å²) in [4.78, 5) is 13.7. The minimum atomic E-state index is -0.206. The van der Waals surface area contributed by atoms with Crippen molar-refractivity contribution in [1.82, 2.24) is 4.90 Å². The third kappa shape index (κ3) is 5.86. The van der Waals surface area contributed by atoms with Crippen molar-refractivity contribution in [3.63, 3.8) is 0 Å². The smallest absolute Gasteiger partial charge is 0.239 e. The highest BCUT2D eigenvalue weighted by Crippen LogP contribution is 2.16. The lowest BCUT2D eigenvalue weighted by Gasteiger charge is -2.31. The van der Waals surface area contributed by atoms with Gasteiger partial charge in [0.05, 0.1) is 6.04 Å². The zero-order valence-corrected chi connectivity index (χ0v) is 11.9. The lowest BCUT2D eigenvalue weighted by molar-refractivity contribution is -0.118. The summed E-state index contributed by atoms with van der Waals surface area (Å²) >= 11 is 5.71. The van der Waals surface area contributed by atoms with Gasteiger partial charge in [-0.15, -0.1) is 0 Å². The molecule has 0 aromatic heterocycles. The quantitative estimate of drug-likeness (QED) is 0.580. The maximum Gasteiger partial charge on any atom is 0.239 e. The molecule has 0 saturated carbocycles. The molecule has 0 bridgehead atoms. The van der Waals surface area contributed by atoms with Gasteiger partial charge in [-0.1, -0.05) is 40.5 Å². The van der Waals surface area contributed by atoms with Crippen LogP contribution >= 0.6 is 11.6 Å². The van der Waals surface area contributed by atoms with Gasteiger partial charge in [0.1, 0.15) is 0 Å². The fourth-order valence-corrected chi connectivity index (χ4v) is 2.33. The molecule has 0 aromatic rings. The molecule has 0 fully saturated rings. The molecule has 96 valence electrons. The van der Waals surface area contributed by atoms with Crippen LogP contribution in [0.2, 0.25) is 0 Å². The van der Waals surface area contributed by atoms with Gasteiger partial charge >= 0.3 is 0 Å². The van der Waals surface area contributed by atoms with Gasteiger partial charge in [-0.2, -0.15) is 0 Å². The zero-order valence-electron chi connectivity index (χ0n) is 11.1. The molecule has 0 radical (unpaired) electrons. The minimum absolute atomic E-state index is 0.111. The van der Waals surface area contributed by atoms with Crippen molar-refractivity contribution in [3.8, 4) is 0 Å².